The second kappa shape index (κ2) is 5.77. The molecule has 1 N–H and O–H groups in total. The van der Waals surface area contributed by atoms with Gasteiger partial charge in [-0.05, 0) is 0 Å². The summed E-state index contributed by atoms with van der Waals surface area (Å²) in [6, 6.07) is 0. The quantitative estimate of drug-likeness (QED) is 0.767. The average molecular weight is 283 g/mol. The molecule has 112 valence electrons. The van der Waals surface area contributed by atoms with E-state index in [4.69, 9.17) is 14.0 Å². The first kappa shape index (κ1) is 13.9. The van der Waals surface area contributed by atoms with E-state index in [0.717, 1.165) is 19.7 Å². The van der Waals surface area contributed by atoms with Crippen LogP contribution in [0.4, 0.5) is 0 Å². The van der Waals surface area contributed by atoms with E-state index in [2.05, 4.69) is 15.0 Å². The van der Waals surface area contributed by atoms with Crippen molar-refractivity contribution in [1.82, 2.24) is 15.0 Å². The third-order valence-corrected chi connectivity index (χ3v) is 4.31. The molecule has 0 radical (unpaired) electrons. The molecule has 20 heavy (non-hydrogen) atoms. The van der Waals surface area contributed by atoms with Crippen LogP contribution in [0.15, 0.2) is 4.52 Å². The Morgan fingerprint density at radius 2 is 2.45 bits per heavy atom. The fourth-order valence-corrected chi connectivity index (χ4v) is 3.13. The molecule has 0 aliphatic carbocycles. The smallest absolute Gasteiger partial charge is 0.240 e. The Morgan fingerprint density at radius 3 is 3.20 bits per heavy atom. The van der Waals surface area contributed by atoms with E-state index in [-0.39, 0.29) is 12.0 Å². The molecule has 2 aliphatic rings. The summed E-state index contributed by atoms with van der Waals surface area (Å²) in [6.07, 6.45) is 0.664. The summed E-state index contributed by atoms with van der Waals surface area (Å²) in [5.41, 5.74) is -0.0983. The van der Waals surface area contributed by atoms with E-state index >= 15 is 0 Å². The summed E-state index contributed by atoms with van der Waals surface area (Å²) < 4.78 is 15.8. The van der Waals surface area contributed by atoms with Crippen molar-refractivity contribution in [2.75, 3.05) is 46.6 Å². The molecule has 0 unspecified atom stereocenters. The van der Waals surface area contributed by atoms with Crippen LogP contribution >= 0.6 is 0 Å². The van der Waals surface area contributed by atoms with Gasteiger partial charge in [0, 0.05) is 38.0 Å². The molecule has 0 aromatic carbocycles. The summed E-state index contributed by atoms with van der Waals surface area (Å²) in [5.74, 6) is 1.72. The van der Waals surface area contributed by atoms with Crippen molar-refractivity contribution in [2.24, 2.45) is 11.3 Å². The number of hydrogen-bond donors (Lipinski definition) is 1. The molecule has 2 saturated heterocycles. The zero-order valence-electron chi connectivity index (χ0n) is 11.7. The summed E-state index contributed by atoms with van der Waals surface area (Å²) in [5, 5.41) is 13.6. The van der Waals surface area contributed by atoms with Crippen molar-refractivity contribution in [2.45, 2.75) is 13.0 Å². The molecule has 2 fully saturated rings. The number of hydrogen-bond acceptors (Lipinski definition) is 7. The van der Waals surface area contributed by atoms with Crippen molar-refractivity contribution >= 4 is 0 Å². The molecule has 0 saturated carbocycles. The van der Waals surface area contributed by atoms with Gasteiger partial charge in [0.15, 0.2) is 5.82 Å². The van der Waals surface area contributed by atoms with Crippen molar-refractivity contribution < 1.29 is 19.1 Å². The van der Waals surface area contributed by atoms with Gasteiger partial charge in [0.2, 0.25) is 5.89 Å². The minimum Gasteiger partial charge on any atom is -0.396 e. The number of rotatable bonds is 6. The van der Waals surface area contributed by atoms with Gasteiger partial charge >= 0.3 is 0 Å². The van der Waals surface area contributed by atoms with Gasteiger partial charge in [-0.15, -0.1) is 0 Å². The maximum absolute atomic E-state index is 9.64. The predicted molar refractivity (Wildman–Crippen MR) is 69.0 cm³/mol. The first-order valence-electron chi connectivity index (χ1n) is 6.97. The molecular weight excluding hydrogens is 262 g/mol. The molecule has 0 bridgehead atoms. The summed E-state index contributed by atoms with van der Waals surface area (Å²) in [7, 11) is 1.65. The highest BCUT2D eigenvalue weighted by Gasteiger charge is 2.50. The highest BCUT2D eigenvalue weighted by atomic mass is 16.5. The van der Waals surface area contributed by atoms with Crippen molar-refractivity contribution in [1.29, 1.82) is 0 Å². The van der Waals surface area contributed by atoms with Crippen molar-refractivity contribution in [3.63, 3.8) is 0 Å². The molecule has 7 heteroatoms. The monoisotopic (exact) mass is 283 g/mol. The SMILES string of the molecule is COCCc1noc(CN2C[C@H]3COC[C@@]3(CO)C2)n1. The number of likely N-dealkylation sites (tertiary alicyclic amines) is 1. The largest absolute Gasteiger partial charge is 0.396 e. The number of nitrogens with zero attached hydrogens (tertiary/aromatic N) is 3. The summed E-state index contributed by atoms with van der Waals surface area (Å²) in [6.45, 7) is 4.53. The van der Waals surface area contributed by atoms with E-state index < -0.39 is 0 Å². The average Bonchev–Trinajstić information content (AvgIpc) is 3.10. The number of aliphatic hydroxyl groups excluding tert-OH is 1. The van der Waals surface area contributed by atoms with Crippen LogP contribution in [-0.4, -0.2) is 66.8 Å². The van der Waals surface area contributed by atoms with Crippen LogP contribution in [-0.2, 0) is 22.4 Å². The minimum atomic E-state index is -0.0983. The molecule has 0 amide bonds. The van der Waals surface area contributed by atoms with Crippen LogP contribution < -0.4 is 0 Å². The van der Waals surface area contributed by atoms with Crippen LogP contribution in [0.25, 0.3) is 0 Å². The third-order valence-electron chi connectivity index (χ3n) is 4.31. The lowest BCUT2D eigenvalue weighted by Gasteiger charge is -2.23. The van der Waals surface area contributed by atoms with E-state index in [1.807, 2.05) is 0 Å². The highest BCUT2D eigenvalue weighted by Crippen LogP contribution is 2.41. The molecule has 3 rings (SSSR count). The number of fused-ring (bicyclic) bond motifs is 1. The van der Waals surface area contributed by atoms with Crippen LogP contribution in [0.3, 0.4) is 0 Å². The first-order chi connectivity index (χ1) is 9.75. The van der Waals surface area contributed by atoms with Crippen LogP contribution in [0.2, 0.25) is 0 Å². The second-order valence-corrected chi connectivity index (χ2v) is 5.75. The Labute approximate surface area is 117 Å². The molecule has 7 nitrogen and oxygen atoms in total. The normalized spacial score (nSPS) is 30.0. The van der Waals surface area contributed by atoms with Crippen LogP contribution in [0.1, 0.15) is 11.7 Å². The van der Waals surface area contributed by atoms with Gasteiger partial charge in [-0.2, -0.15) is 4.98 Å². The maximum Gasteiger partial charge on any atom is 0.240 e. The lowest BCUT2D eigenvalue weighted by atomic mass is 9.82. The molecular formula is C13H21N3O4. The molecule has 2 aliphatic heterocycles. The number of aromatic nitrogens is 2. The van der Waals surface area contributed by atoms with Crippen LogP contribution in [0, 0.1) is 11.3 Å². The van der Waals surface area contributed by atoms with E-state index in [9.17, 15) is 5.11 Å². The fraction of sp³-hybridized carbons (Fsp3) is 0.846. The molecule has 0 spiro atoms. The number of ether oxygens (including phenoxy) is 2. The van der Waals surface area contributed by atoms with E-state index in [0.29, 0.717) is 43.8 Å². The van der Waals surface area contributed by atoms with Gasteiger partial charge in [-0.3, -0.25) is 4.90 Å². The third kappa shape index (κ3) is 2.58. The van der Waals surface area contributed by atoms with Gasteiger partial charge in [0.1, 0.15) is 0 Å². The maximum atomic E-state index is 9.64. The number of methoxy groups -OCH3 is 1. The Balaban J connectivity index is 1.58. The zero-order chi connectivity index (χ0) is 14.0. The Kier molecular flexibility index (Phi) is 4.02. The molecule has 3 heterocycles. The predicted octanol–water partition coefficient (Wildman–Crippen LogP) is -0.301. The molecule has 1 aromatic heterocycles. The van der Waals surface area contributed by atoms with Crippen molar-refractivity contribution in [3.8, 4) is 0 Å². The molecule has 2 atom stereocenters. The summed E-state index contributed by atoms with van der Waals surface area (Å²) in [4.78, 5) is 6.62. The van der Waals surface area contributed by atoms with Crippen LogP contribution in [0.5, 0.6) is 0 Å². The fourth-order valence-electron chi connectivity index (χ4n) is 3.13. The van der Waals surface area contributed by atoms with Gasteiger partial charge in [-0.1, -0.05) is 5.16 Å². The Bertz CT molecular complexity index is 453. The first-order valence-corrected chi connectivity index (χ1v) is 6.97. The van der Waals surface area contributed by atoms with Gasteiger partial charge in [0.25, 0.3) is 0 Å². The van der Waals surface area contributed by atoms with Gasteiger partial charge < -0.3 is 19.1 Å². The summed E-state index contributed by atoms with van der Waals surface area (Å²) >= 11 is 0. The van der Waals surface area contributed by atoms with Crippen molar-refractivity contribution in [3.05, 3.63) is 11.7 Å². The standard InChI is InChI=1S/C13H21N3O4/c1-18-3-2-11-14-12(20-15-11)5-16-4-10-6-19-9-13(10,7-16)8-17/h10,17H,2-9H2,1H3/t10-,13-/m0/s1. The van der Waals surface area contributed by atoms with Gasteiger partial charge in [0.05, 0.1) is 33.0 Å². The highest BCUT2D eigenvalue weighted by molar-refractivity contribution is 5.00. The Morgan fingerprint density at radius 1 is 1.55 bits per heavy atom. The second-order valence-electron chi connectivity index (χ2n) is 5.75. The van der Waals surface area contributed by atoms with E-state index in [1.165, 1.54) is 0 Å². The van der Waals surface area contributed by atoms with E-state index in [1.54, 1.807) is 7.11 Å². The topological polar surface area (TPSA) is 80.9 Å². The lowest BCUT2D eigenvalue weighted by molar-refractivity contribution is 0.0784. The molecule has 1 aromatic rings. The lowest BCUT2D eigenvalue weighted by Crippen LogP contribution is -2.34. The van der Waals surface area contributed by atoms with Gasteiger partial charge in [-0.25, -0.2) is 0 Å². The Hall–Kier alpha value is -1.02. The number of aliphatic hydroxyl groups is 1. The minimum absolute atomic E-state index is 0.0983. The zero-order valence-corrected chi connectivity index (χ0v) is 11.7.